The summed E-state index contributed by atoms with van der Waals surface area (Å²) >= 11 is 0. The molecule has 0 unspecified atom stereocenters. The zero-order valence-corrected chi connectivity index (χ0v) is 11.5. The number of amides is 2. The fourth-order valence-electron chi connectivity index (χ4n) is 2.21. The minimum absolute atomic E-state index is 0.00156. The molecular formula is C12H23N3O4. The molecular weight excluding hydrogens is 250 g/mol. The summed E-state index contributed by atoms with van der Waals surface area (Å²) < 4.78 is 0. The van der Waals surface area contributed by atoms with Crippen LogP contribution in [0.5, 0.6) is 0 Å². The van der Waals surface area contributed by atoms with Gasteiger partial charge in [0.1, 0.15) is 6.04 Å². The fourth-order valence-corrected chi connectivity index (χ4v) is 2.21. The highest BCUT2D eigenvalue weighted by atomic mass is 16.4. The van der Waals surface area contributed by atoms with Gasteiger partial charge in [-0.25, -0.2) is 9.59 Å². The first kappa shape index (κ1) is 15.7. The SMILES string of the molecule is CN(C)C1(CNC(=O)N[C@@H](CCO)C(=O)O)CCC1. The van der Waals surface area contributed by atoms with Crippen molar-refractivity contribution in [3.63, 3.8) is 0 Å². The summed E-state index contributed by atoms with van der Waals surface area (Å²) in [5.41, 5.74) is -0.00691. The molecule has 7 nitrogen and oxygen atoms in total. The molecule has 0 aromatic rings. The second kappa shape index (κ2) is 6.72. The molecule has 1 saturated carbocycles. The molecule has 1 atom stereocenters. The van der Waals surface area contributed by atoms with E-state index < -0.39 is 18.0 Å². The predicted octanol–water partition coefficient (Wildman–Crippen LogP) is -0.394. The Morgan fingerprint density at radius 1 is 1.37 bits per heavy atom. The zero-order chi connectivity index (χ0) is 14.5. The Bertz CT molecular complexity index is 329. The van der Waals surface area contributed by atoms with Gasteiger partial charge in [0, 0.05) is 25.1 Å². The number of hydrogen-bond donors (Lipinski definition) is 4. The van der Waals surface area contributed by atoms with Gasteiger partial charge in [0.2, 0.25) is 0 Å². The van der Waals surface area contributed by atoms with Crippen LogP contribution in [-0.4, -0.2) is 65.9 Å². The topological polar surface area (TPSA) is 102 Å². The maximum atomic E-state index is 11.7. The van der Waals surface area contributed by atoms with E-state index in [1.165, 1.54) is 0 Å². The lowest BCUT2D eigenvalue weighted by Gasteiger charge is -2.47. The molecule has 2 amide bonds. The first-order valence-electron chi connectivity index (χ1n) is 6.47. The van der Waals surface area contributed by atoms with Crippen molar-refractivity contribution in [3.8, 4) is 0 Å². The van der Waals surface area contributed by atoms with Crippen LogP contribution in [0, 0.1) is 0 Å². The quantitative estimate of drug-likeness (QED) is 0.506. The smallest absolute Gasteiger partial charge is 0.326 e. The summed E-state index contributed by atoms with van der Waals surface area (Å²) in [5, 5.41) is 22.7. The normalized spacial score (nSPS) is 18.5. The summed E-state index contributed by atoms with van der Waals surface area (Å²) in [5.74, 6) is -1.14. The third-order valence-corrected chi connectivity index (χ3v) is 3.83. The maximum Gasteiger partial charge on any atom is 0.326 e. The first-order chi connectivity index (χ1) is 8.91. The third-order valence-electron chi connectivity index (χ3n) is 3.83. The van der Waals surface area contributed by atoms with Crippen LogP contribution in [0.1, 0.15) is 25.7 Å². The van der Waals surface area contributed by atoms with Gasteiger partial charge in [-0.15, -0.1) is 0 Å². The molecule has 1 aliphatic carbocycles. The van der Waals surface area contributed by atoms with E-state index in [1.54, 1.807) is 0 Å². The number of aliphatic hydroxyl groups excluding tert-OH is 1. The lowest BCUT2D eigenvalue weighted by atomic mass is 9.75. The van der Waals surface area contributed by atoms with E-state index in [-0.39, 0.29) is 18.6 Å². The van der Waals surface area contributed by atoms with Crippen LogP contribution in [0.4, 0.5) is 4.79 Å². The van der Waals surface area contributed by atoms with E-state index in [2.05, 4.69) is 15.5 Å². The van der Waals surface area contributed by atoms with Crippen LogP contribution in [0.15, 0.2) is 0 Å². The molecule has 0 spiro atoms. The van der Waals surface area contributed by atoms with Crippen LogP contribution in [0.25, 0.3) is 0 Å². The molecule has 1 rings (SSSR count). The van der Waals surface area contributed by atoms with Gasteiger partial charge < -0.3 is 25.7 Å². The zero-order valence-electron chi connectivity index (χ0n) is 11.5. The van der Waals surface area contributed by atoms with Crippen molar-refractivity contribution in [3.05, 3.63) is 0 Å². The van der Waals surface area contributed by atoms with Crippen molar-refractivity contribution < 1.29 is 19.8 Å². The monoisotopic (exact) mass is 273 g/mol. The van der Waals surface area contributed by atoms with Crippen molar-refractivity contribution in [2.45, 2.75) is 37.3 Å². The summed E-state index contributed by atoms with van der Waals surface area (Å²) in [4.78, 5) is 24.6. The van der Waals surface area contributed by atoms with Crippen molar-refractivity contribution in [2.75, 3.05) is 27.2 Å². The number of urea groups is 1. The first-order valence-corrected chi connectivity index (χ1v) is 6.47. The summed E-state index contributed by atoms with van der Waals surface area (Å²) in [6.45, 7) is 0.218. The van der Waals surface area contributed by atoms with Crippen LogP contribution >= 0.6 is 0 Å². The number of likely N-dealkylation sites (N-methyl/N-ethyl adjacent to an activating group) is 1. The molecule has 0 aromatic carbocycles. The van der Waals surface area contributed by atoms with Gasteiger partial charge in [-0.05, 0) is 33.4 Å². The number of carbonyl (C=O) groups is 2. The summed E-state index contributed by atoms with van der Waals surface area (Å²) in [7, 11) is 3.95. The fraction of sp³-hybridized carbons (Fsp3) is 0.833. The van der Waals surface area contributed by atoms with Crippen molar-refractivity contribution in [1.29, 1.82) is 0 Å². The van der Waals surface area contributed by atoms with Crippen molar-refractivity contribution in [1.82, 2.24) is 15.5 Å². The molecule has 7 heteroatoms. The number of rotatable bonds is 7. The van der Waals surface area contributed by atoms with Gasteiger partial charge in [-0.2, -0.15) is 0 Å². The number of nitrogens with zero attached hydrogens (tertiary/aromatic N) is 1. The van der Waals surface area contributed by atoms with Gasteiger partial charge >= 0.3 is 12.0 Å². The Hall–Kier alpha value is -1.34. The Morgan fingerprint density at radius 3 is 2.37 bits per heavy atom. The largest absolute Gasteiger partial charge is 0.480 e. The van der Waals surface area contributed by atoms with Gasteiger partial charge in [-0.3, -0.25) is 0 Å². The second-order valence-corrected chi connectivity index (χ2v) is 5.20. The van der Waals surface area contributed by atoms with E-state index >= 15 is 0 Å². The van der Waals surface area contributed by atoms with Gasteiger partial charge in [-0.1, -0.05) is 0 Å². The highest BCUT2D eigenvalue weighted by Gasteiger charge is 2.39. The Morgan fingerprint density at radius 2 is 2.00 bits per heavy atom. The maximum absolute atomic E-state index is 11.7. The van der Waals surface area contributed by atoms with Gasteiger partial charge in [0.25, 0.3) is 0 Å². The number of aliphatic hydroxyl groups is 1. The number of carboxylic acid groups (broad SMARTS) is 1. The molecule has 110 valence electrons. The average molecular weight is 273 g/mol. The van der Waals surface area contributed by atoms with E-state index in [9.17, 15) is 9.59 Å². The minimum Gasteiger partial charge on any atom is -0.480 e. The molecule has 0 radical (unpaired) electrons. The molecule has 0 bridgehead atoms. The standard InChI is InChI=1S/C12H23N3O4/c1-15(2)12(5-3-6-12)8-13-11(19)14-9(4-7-16)10(17)18/h9,16H,3-8H2,1-2H3,(H,17,18)(H2,13,14,19)/t9-/m0/s1. The molecule has 0 aromatic heterocycles. The number of carbonyl (C=O) groups excluding carboxylic acids is 1. The third kappa shape index (κ3) is 4.07. The minimum atomic E-state index is -1.14. The van der Waals surface area contributed by atoms with Crippen molar-refractivity contribution >= 4 is 12.0 Å². The highest BCUT2D eigenvalue weighted by molar-refractivity contribution is 5.82. The molecule has 1 aliphatic rings. The highest BCUT2D eigenvalue weighted by Crippen LogP contribution is 2.35. The molecule has 19 heavy (non-hydrogen) atoms. The van der Waals surface area contributed by atoms with E-state index in [0.29, 0.717) is 6.54 Å². The Balaban J connectivity index is 2.40. The van der Waals surface area contributed by atoms with E-state index in [0.717, 1.165) is 19.3 Å². The number of carboxylic acids is 1. The lowest BCUT2D eigenvalue weighted by molar-refractivity contribution is -0.139. The van der Waals surface area contributed by atoms with Crippen molar-refractivity contribution in [2.24, 2.45) is 0 Å². The molecule has 0 saturated heterocycles. The number of hydrogen-bond acceptors (Lipinski definition) is 4. The number of nitrogens with one attached hydrogen (secondary N) is 2. The molecule has 0 heterocycles. The van der Waals surface area contributed by atoms with Gasteiger partial charge in [0.05, 0.1) is 0 Å². The van der Waals surface area contributed by atoms with Crippen LogP contribution in [0.2, 0.25) is 0 Å². The van der Waals surface area contributed by atoms with E-state index in [1.807, 2.05) is 14.1 Å². The van der Waals surface area contributed by atoms with Crippen LogP contribution < -0.4 is 10.6 Å². The molecule has 4 N–H and O–H groups in total. The Labute approximate surface area is 113 Å². The lowest BCUT2D eigenvalue weighted by Crippen LogP contribution is -2.59. The molecule has 0 aliphatic heterocycles. The Kier molecular flexibility index (Phi) is 5.56. The van der Waals surface area contributed by atoms with Gasteiger partial charge in [0.15, 0.2) is 0 Å². The summed E-state index contributed by atoms with van der Waals surface area (Å²) in [6.07, 6.45) is 3.20. The molecule has 1 fully saturated rings. The summed E-state index contributed by atoms with van der Waals surface area (Å²) in [6, 6.07) is -1.56. The van der Waals surface area contributed by atoms with E-state index in [4.69, 9.17) is 10.2 Å². The van der Waals surface area contributed by atoms with Crippen LogP contribution in [0.3, 0.4) is 0 Å². The predicted molar refractivity (Wildman–Crippen MR) is 69.9 cm³/mol. The van der Waals surface area contributed by atoms with Crippen LogP contribution in [-0.2, 0) is 4.79 Å². The number of aliphatic carboxylic acids is 1. The average Bonchev–Trinajstić information content (AvgIpc) is 2.26. The second-order valence-electron chi connectivity index (χ2n) is 5.20.